The molecule has 0 saturated carbocycles. The summed E-state index contributed by atoms with van der Waals surface area (Å²) in [5.41, 5.74) is 2.54. The Morgan fingerprint density at radius 3 is 3.08 bits per heavy atom. The van der Waals surface area contributed by atoms with Gasteiger partial charge < -0.3 is 10.2 Å². The molecule has 0 saturated heterocycles. The number of rotatable bonds is 1. The number of hydrogen-bond acceptors (Lipinski definition) is 2. The molecule has 2 nitrogen and oxygen atoms in total. The molecule has 0 aromatic heterocycles. The largest absolute Gasteiger partial charge is 0.379 e. The van der Waals surface area contributed by atoms with E-state index in [0.29, 0.717) is 0 Å². The van der Waals surface area contributed by atoms with Crippen molar-refractivity contribution in [1.29, 1.82) is 0 Å². The average Bonchev–Trinajstić information content (AvgIpc) is 2.39. The van der Waals surface area contributed by atoms with Gasteiger partial charge in [0.05, 0.1) is 11.4 Å². The van der Waals surface area contributed by atoms with Crippen LogP contribution in [0.5, 0.6) is 0 Å². The van der Waals surface area contributed by atoms with Crippen molar-refractivity contribution in [2.45, 2.75) is 13.3 Å². The molecule has 1 aromatic carbocycles. The molecule has 0 unspecified atom stereocenters. The van der Waals surface area contributed by atoms with Crippen LogP contribution in [-0.4, -0.2) is 13.1 Å². The standard InChI is InChI=1S/C11H15N2/c1-2-13-9-5-8-12-10-6-3-4-7-11(10)13/h3-4,6-8,12H,2,5,9H2,1H3. The molecule has 69 valence electrons. The SMILES string of the molecule is CCN1CC[CH]Nc2ccccc21. The molecule has 13 heavy (non-hydrogen) atoms. The van der Waals surface area contributed by atoms with Crippen LogP contribution >= 0.6 is 0 Å². The Labute approximate surface area is 79.6 Å². The van der Waals surface area contributed by atoms with Gasteiger partial charge in [0, 0.05) is 19.6 Å². The minimum atomic E-state index is 1.08. The predicted molar refractivity (Wildman–Crippen MR) is 56.9 cm³/mol. The topological polar surface area (TPSA) is 15.3 Å². The third-order valence-corrected chi connectivity index (χ3v) is 2.43. The van der Waals surface area contributed by atoms with Gasteiger partial charge in [-0.3, -0.25) is 0 Å². The van der Waals surface area contributed by atoms with Crippen molar-refractivity contribution in [2.24, 2.45) is 0 Å². The monoisotopic (exact) mass is 175 g/mol. The summed E-state index contributed by atoms with van der Waals surface area (Å²) in [4.78, 5) is 2.39. The third kappa shape index (κ3) is 1.62. The first-order chi connectivity index (χ1) is 6.42. The summed E-state index contributed by atoms with van der Waals surface area (Å²) >= 11 is 0. The van der Waals surface area contributed by atoms with E-state index < -0.39 is 0 Å². The second kappa shape index (κ2) is 3.69. The van der Waals surface area contributed by atoms with Gasteiger partial charge in [-0.25, -0.2) is 0 Å². The van der Waals surface area contributed by atoms with Crippen LogP contribution in [0.25, 0.3) is 0 Å². The molecule has 0 aliphatic carbocycles. The van der Waals surface area contributed by atoms with Crippen molar-refractivity contribution < 1.29 is 0 Å². The fourth-order valence-electron chi connectivity index (χ4n) is 1.72. The zero-order valence-electron chi connectivity index (χ0n) is 7.96. The van der Waals surface area contributed by atoms with Crippen LogP contribution in [0.4, 0.5) is 11.4 Å². The number of hydrogen-bond donors (Lipinski definition) is 1. The Bertz CT molecular complexity index is 283. The van der Waals surface area contributed by atoms with Crippen LogP contribution < -0.4 is 10.2 Å². The van der Waals surface area contributed by atoms with E-state index in [1.807, 2.05) is 0 Å². The molecule has 0 amide bonds. The lowest BCUT2D eigenvalue weighted by molar-refractivity contribution is 0.816. The first kappa shape index (κ1) is 8.42. The van der Waals surface area contributed by atoms with E-state index in [1.54, 1.807) is 0 Å². The Morgan fingerprint density at radius 1 is 1.38 bits per heavy atom. The third-order valence-electron chi connectivity index (χ3n) is 2.43. The van der Waals surface area contributed by atoms with Gasteiger partial charge >= 0.3 is 0 Å². The summed E-state index contributed by atoms with van der Waals surface area (Å²) in [6.45, 7) is 6.52. The van der Waals surface area contributed by atoms with Gasteiger partial charge in [-0.05, 0) is 25.5 Å². The van der Waals surface area contributed by atoms with Gasteiger partial charge in [-0.2, -0.15) is 0 Å². The van der Waals surface area contributed by atoms with Crippen molar-refractivity contribution in [3.63, 3.8) is 0 Å². The highest BCUT2D eigenvalue weighted by Crippen LogP contribution is 2.28. The number of benzene rings is 1. The van der Waals surface area contributed by atoms with Crippen molar-refractivity contribution in [2.75, 3.05) is 23.3 Å². The lowest BCUT2D eigenvalue weighted by atomic mass is 10.2. The molecule has 1 aliphatic heterocycles. The molecule has 1 N–H and O–H groups in total. The van der Waals surface area contributed by atoms with E-state index in [1.165, 1.54) is 11.4 Å². The zero-order valence-corrected chi connectivity index (χ0v) is 7.96. The Kier molecular flexibility index (Phi) is 2.39. The molecular formula is C11H15N2. The maximum Gasteiger partial charge on any atom is 0.0602 e. The maximum atomic E-state index is 3.32. The van der Waals surface area contributed by atoms with E-state index in [9.17, 15) is 0 Å². The number of fused-ring (bicyclic) bond motifs is 1. The highest BCUT2D eigenvalue weighted by atomic mass is 15.2. The number of anilines is 2. The van der Waals surface area contributed by atoms with E-state index in [0.717, 1.165) is 19.5 Å². The Balaban J connectivity index is 2.35. The summed E-state index contributed by atoms with van der Waals surface area (Å²) in [6, 6.07) is 8.46. The van der Waals surface area contributed by atoms with Crippen LogP contribution in [-0.2, 0) is 0 Å². The predicted octanol–water partition coefficient (Wildman–Crippen LogP) is 2.49. The van der Waals surface area contributed by atoms with Gasteiger partial charge in [0.1, 0.15) is 0 Å². The molecular weight excluding hydrogens is 160 g/mol. The summed E-state index contributed by atoms with van der Waals surface area (Å²) in [5.74, 6) is 0. The number of nitrogens with zero attached hydrogens (tertiary/aromatic N) is 1. The van der Waals surface area contributed by atoms with Gasteiger partial charge in [0.15, 0.2) is 0 Å². The summed E-state index contributed by atoms with van der Waals surface area (Å²) in [7, 11) is 0. The molecule has 0 bridgehead atoms. The molecule has 0 spiro atoms. The van der Waals surface area contributed by atoms with E-state index >= 15 is 0 Å². The highest BCUT2D eigenvalue weighted by Gasteiger charge is 2.11. The maximum absolute atomic E-state index is 3.32. The molecule has 1 aliphatic rings. The van der Waals surface area contributed by atoms with Crippen LogP contribution in [0.15, 0.2) is 24.3 Å². The quantitative estimate of drug-likeness (QED) is 0.705. The van der Waals surface area contributed by atoms with E-state index in [2.05, 4.69) is 48.0 Å². The fraction of sp³-hybridized carbons (Fsp3) is 0.364. The zero-order chi connectivity index (χ0) is 9.10. The lowest BCUT2D eigenvalue weighted by Crippen LogP contribution is -2.22. The van der Waals surface area contributed by atoms with Gasteiger partial charge in [-0.15, -0.1) is 0 Å². The molecule has 1 heterocycles. The molecule has 2 rings (SSSR count). The van der Waals surface area contributed by atoms with Gasteiger partial charge in [0.2, 0.25) is 0 Å². The van der Waals surface area contributed by atoms with E-state index in [-0.39, 0.29) is 0 Å². The number of nitrogens with one attached hydrogen (secondary N) is 1. The fourth-order valence-corrected chi connectivity index (χ4v) is 1.72. The second-order valence-electron chi connectivity index (χ2n) is 3.23. The van der Waals surface area contributed by atoms with Crippen LogP contribution in [0.3, 0.4) is 0 Å². The van der Waals surface area contributed by atoms with Crippen molar-refractivity contribution in [1.82, 2.24) is 0 Å². The van der Waals surface area contributed by atoms with E-state index in [4.69, 9.17) is 0 Å². The first-order valence-corrected chi connectivity index (χ1v) is 4.84. The average molecular weight is 175 g/mol. The molecule has 2 heteroatoms. The Hall–Kier alpha value is -1.18. The highest BCUT2D eigenvalue weighted by molar-refractivity contribution is 5.71. The smallest absolute Gasteiger partial charge is 0.0602 e. The molecule has 0 fully saturated rings. The Morgan fingerprint density at radius 2 is 2.23 bits per heavy atom. The lowest BCUT2D eigenvalue weighted by Gasteiger charge is -2.22. The van der Waals surface area contributed by atoms with Crippen LogP contribution in [0, 0.1) is 6.54 Å². The van der Waals surface area contributed by atoms with Crippen LogP contribution in [0.1, 0.15) is 13.3 Å². The minimum Gasteiger partial charge on any atom is -0.379 e. The van der Waals surface area contributed by atoms with Gasteiger partial charge in [-0.1, -0.05) is 12.1 Å². The second-order valence-corrected chi connectivity index (χ2v) is 3.23. The molecule has 0 atom stereocenters. The van der Waals surface area contributed by atoms with Crippen molar-refractivity contribution in [3.05, 3.63) is 30.8 Å². The van der Waals surface area contributed by atoms with Crippen molar-refractivity contribution >= 4 is 11.4 Å². The molecule has 1 aromatic rings. The van der Waals surface area contributed by atoms with Crippen LogP contribution in [0.2, 0.25) is 0 Å². The normalized spacial score (nSPS) is 15.9. The first-order valence-electron chi connectivity index (χ1n) is 4.84. The summed E-state index contributed by atoms with van der Waals surface area (Å²) in [6.07, 6.45) is 1.10. The summed E-state index contributed by atoms with van der Waals surface area (Å²) in [5, 5.41) is 3.32. The van der Waals surface area contributed by atoms with Gasteiger partial charge in [0.25, 0.3) is 0 Å². The molecule has 1 radical (unpaired) electrons. The number of para-hydroxylation sites is 2. The van der Waals surface area contributed by atoms with Crippen molar-refractivity contribution in [3.8, 4) is 0 Å². The summed E-state index contributed by atoms with van der Waals surface area (Å²) < 4.78 is 0. The minimum absolute atomic E-state index is 1.08.